The molecule has 0 spiro atoms. The highest BCUT2D eigenvalue weighted by Crippen LogP contribution is 2.16. The fraction of sp³-hybridized carbons (Fsp3) is 0.150. The molecule has 0 bridgehead atoms. The van der Waals surface area contributed by atoms with Crippen LogP contribution in [0.2, 0.25) is 0 Å². The van der Waals surface area contributed by atoms with Crippen molar-refractivity contribution >= 4 is 28.6 Å². The first-order valence-electron chi connectivity index (χ1n) is 8.32. The SMILES string of the molecule is CCOC(=O)c1ccc(NC(=O)NCc2ccnc3ccccc23)cc1. The van der Waals surface area contributed by atoms with Crippen molar-refractivity contribution in [2.75, 3.05) is 11.9 Å². The number of esters is 1. The van der Waals surface area contributed by atoms with Crippen LogP contribution in [0.5, 0.6) is 0 Å². The molecule has 0 saturated heterocycles. The van der Waals surface area contributed by atoms with Crippen molar-refractivity contribution < 1.29 is 14.3 Å². The molecule has 0 saturated carbocycles. The number of rotatable bonds is 5. The number of hydrogen-bond donors (Lipinski definition) is 2. The van der Waals surface area contributed by atoms with Crippen molar-refractivity contribution in [2.24, 2.45) is 0 Å². The van der Waals surface area contributed by atoms with E-state index in [1.54, 1.807) is 37.4 Å². The number of pyridine rings is 1. The molecule has 26 heavy (non-hydrogen) atoms. The summed E-state index contributed by atoms with van der Waals surface area (Å²) in [6.45, 7) is 2.46. The Balaban J connectivity index is 1.59. The number of nitrogens with one attached hydrogen (secondary N) is 2. The van der Waals surface area contributed by atoms with Gasteiger partial charge in [-0.25, -0.2) is 9.59 Å². The number of nitrogens with zero attached hydrogens (tertiary/aromatic N) is 1. The molecule has 2 N–H and O–H groups in total. The number of urea groups is 1. The van der Waals surface area contributed by atoms with E-state index in [-0.39, 0.29) is 12.0 Å². The Morgan fingerprint density at radius 2 is 1.81 bits per heavy atom. The monoisotopic (exact) mass is 349 g/mol. The van der Waals surface area contributed by atoms with E-state index in [0.717, 1.165) is 16.5 Å². The number of carbonyl (C=O) groups is 2. The standard InChI is InChI=1S/C20H19N3O3/c1-2-26-19(24)14-7-9-16(10-8-14)23-20(25)22-13-15-11-12-21-18-6-4-3-5-17(15)18/h3-12H,2,13H2,1H3,(H2,22,23,25). The van der Waals surface area contributed by atoms with Gasteiger partial charge in [-0.15, -0.1) is 0 Å². The number of ether oxygens (including phenoxy) is 1. The zero-order chi connectivity index (χ0) is 18.4. The number of anilines is 1. The van der Waals surface area contributed by atoms with Gasteiger partial charge in [0.2, 0.25) is 0 Å². The van der Waals surface area contributed by atoms with E-state index >= 15 is 0 Å². The Hall–Kier alpha value is -3.41. The van der Waals surface area contributed by atoms with Crippen molar-refractivity contribution in [2.45, 2.75) is 13.5 Å². The number of fused-ring (bicyclic) bond motifs is 1. The molecule has 3 rings (SSSR count). The first-order chi connectivity index (χ1) is 12.7. The highest BCUT2D eigenvalue weighted by atomic mass is 16.5. The van der Waals surface area contributed by atoms with Gasteiger partial charge in [0.25, 0.3) is 0 Å². The van der Waals surface area contributed by atoms with E-state index in [0.29, 0.717) is 24.4 Å². The molecule has 0 aliphatic carbocycles. The van der Waals surface area contributed by atoms with Crippen LogP contribution in [-0.2, 0) is 11.3 Å². The maximum Gasteiger partial charge on any atom is 0.338 e. The minimum absolute atomic E-state index is 0.324. The molecule has 0 radical (unpaired) electrons. The maximum absolute atomic E-state index is 12.1. The van der Waals surface area contributed by atoms with Crippen LogP contribution in [0.15, 0.2) is 60.8 Å². The molecule has 1 heterocycles. The fourth-order valence-corrected chi connectivity index (χ4v) is 2.56. The third kappa shape index (κ3) is 4.16. The van der Waals surface area contributed by atoms with Crippen LogP contribution in [0.1, 0.15) is 22.8 Å². The lowest BCUT2D eigenvalue weighted by atomic mass is 10.1. The van der Waals surface area contributed by atoms with Gasteiger partial charge in [0.15, 0.2) is 0 Å². The van der Waals surface area contributed by atoms with E-state index in [2.05, 4.69) is 15.6 Å². The van der Waals surface area contributed by atoms with Gasteiger partial charge in [-0.05, 0) is 48.9 Å². The van der Waals surface area contributed by atoms with Gasteiger partial charge in [-0.3, -0.25) is 4.98 Å². The largest absolute Gasteiger partial charge is 0.462 e. The lowest BCUT2D eigenvalue weighted by molar-refractivity contribution is 0.0526. The normalized spacial score (nSPS) is 10.3. The Labute approximate surface area is 151 Å². The summed E-state index contributed by atoms with van der Waals surface area (Å²) in [6, 6.07) is 15.9. The number of benzene rings is 2. The molecule has 0 aliphatic heterocycles. The number of hydrogen-bond acceptors (Lipinski definition) is 4. The van der Waals surface area contributed by atoms with Gasteiger partial charge < -0.3 is 15.4 Å². The summed E-state index contributed by atoms with van der Waals surface area (Å²) in [6.07, 6.45) is 1.73. The predicted octanol–water partition coefficient (Wildman–Crippen LogP) is 3.73. The number of carbonyl (C=O) groups excluding carboxylic acids is 2. The first-order valence-corrected chi connectivity index (χ1v) is 8.32. The average molecular weight is 349 g/mol. The maximum atomic E-state index is 12.1. The van der Waals surface area contributed by atoms with Crippen LogP contribution in [0.25, 0.3) is 10.9 Å². The van der Waals surface area contributed by atoms with Gasteiger partial charge in [0, 0.05) is 23.8 Å². The molecule has 0 aliphatic rings. The van der Waals surface area contributed by atoms with E-state index in [4.69, 9.17) is 4.74 Å². The van der Waals surface area contributed by atoms with Crippen molar-refractivity contribution in [1.29, 1.82) is 0 Å². The van der Waals surface area contributed by atoms with E-state index in [9.17, 15) is 9.59 Å². The Morgan fingerprint density at radius 1 is 1.04 bits per heavy atom. The van der Waals surface area contributed by atoms with Crippen LogP contribution in [0.3, 0.4) is 0 Å². The third-order valence-corrected chi connectivity index (χ3v) is 3.83. The highest BCUT2D eigenvalue weighted by molar-refractivity contribution is 5.92. The third-order valence-electron chi connectivity index (χ3n) is 3.83. The molecule has 0 unspecified atom stereocenters. The van der Waals surface area contributed by atoms with Crippen molar-refractivity contribution in [1.82, 2.24) is 10.3 Å². The van der Waals surface area contributed by atoms with Crippen molar-refractivity contribution in [3.63, 3.8) is 0 Å². The summed E-state index contributed by atoms with van der Waals surface area (Å²) in [5, 5.41) is 6.58. The Bertz CT molecular complexity index is 918. The molecule has 2 aromatic carbocycles. The smallest absolute Gasteiger partial charge is 0.338 e. The van der Waals surface area contributed by atoms with Gasteiger partial charge in [0.1, 0.15) is 0 Å². The summed E-state index contributed by atoms with van der Waals surface area (Å²) in [7, 11) is 0. The van der Waals surface area contributed by atoms with Crippen LogP contribution in [-0.4, -0.2) is 23.6 Å². The molecular formula is C20H19N3O3. The second-order valence-corrected chi connectivity index (χ2v) is 5.59. The van der Waals surface area contributed by atoms with E-state index in [1.807, 2.05) is 30.3 Å². The number of para-hydroxylation sites is 1. The summed E-state index contributed by atoms with van der Waals surface area (Å²) < 4.78 is 4.93. The Morgan fingerprint density at radius 3 is 2.58 bits per heavy atom. The van der Waals surface area contributed by atoms with Crippen LogP contribution in [0.4, 0.5) is 10.5 Å². The minimum atomic E-state index is -0.381. The highest BCUT2D eigenvalue weighted by Gasteiger charge is 2.08. The molecule has 3 aromatic rings. The average Bonchev–Trinajstić information content (AvgIpc) is 2.67. The zero-order valence-electron chi connectivity index (χ0n) is 14.4. The van der Waals surface area contributed by atoms with E-state index in [1.165, 1.54) is 0 Å². The topological polar surface area (TPSA) is 80.3 Å². The zero-order valence-corrected chi connectivity index (χ0v) is 14.4. The first kappa shape index (κ1) is 17.4. The van der Waals surface area contributed by atoms with Crippen molar-refractivity contribution in [3.05, 3.63) is 71.9 Å². The van der Waals surface area contributed by atoms with Crippen LogP contribution < -0.4 is 10.6 Å². The lowest BCUT2D eigenvalue weighted by Crippen LogP contribution is -2.28. The van der Waals surface area contributed by atoms with Crippen LogP contribution >= 0.6 is 0 Å². The molecule has 132 valence electrons. The fourth-order valence-electron chi connectivity index (χ4n) is 2.56. The summed E-state index contributed by atoms with van der Waals surface area (Å²) in [4.78, 5) is 28.0. The van der Waals surface area contributed by atoms with Gasteiger partial charge in [-0.2, -0.15) is 0 Å². The molecule has 6 heteroatoms. The second-order valence-electron chi connectivity index (χ2n) is 5.59. The van der Waals surface area contributed by atoms with E-state index < -0.39 is 0 Å². The second kappa shape index (κ2) is 8.11. The van der Waals surface area contributed by atoms with Crippen LogP contribution in [0, 0.1) is 0 Å². The lowest BCUT2D eigenvalue weighted by Gasteiger charge is -2.10. The molecular weight excluding hydrogens is 330 g/mol. The molecule has 0 fully saturated rings. The predicted molar refractivity (Wildman–Crippen MR) is 100.0 cm³/mol. The van der Waals surface area contributed by atoms with Gasteiger partial charge in [-0.1, -0.05) is 18.2 Å². The quantitative estimate of drug-likeness (QED) is 0.688. The Kier molecular flexibility index (Phi) is 5.43. The van der Waals surface area contributed by atoms with Gasteiger partial charge in [0.05, 0.1) is 17.7 Å². The summed E-state index contributed by atoms with van der Waals surface area (Å²) >= 11 is 0. The van der Waals surface area contributed by atoms with Crippen molar-refractivity contribution in [3.8, 4) is 0 Å². The molecule has 1 aromatic heterocycles. The molecule has 0 atom stereocenters. The molecule has 2 amide bonds. The number of amides is 2. The number of aromatic nitrogens is 1. The minimum Gasteiger partial charge on any atom is -0.462 e. The molecule has 6 nitrogen and oxygen atoms in total. The summed E-state index contributed by atoms with van der Waals surface area (Å²) in [5.41, 5.74) is 2.92. The summed E-state index contributed by atoms with van der Waals surface area (Å²) in [5.74, 6) is -0.381. The van der Waals surface area contributed by atoms with Gasteiger partial charge >= 0.3 is 12.0 Å².